The van der Waals surface area contributed by atoms with Crippen LogP contribution in [-0.4, -0.2) is 41.6 Å². The van der Waals surface area contributed by atoms with Gasteiger partial charge in [0, 0.05) is 17.0 Å². The van der Waals surface area contributed by atoms with Gasteiger partial charge in [-0.3, -0.25) is 0 Å². The fraction of sp³-hybridized carbons (Fsp3) is 0.421. The maximum atomic E-state index is 13.6. The van der Waals surface area contributed by atoms with Crippen LogP contribution in [0.4, 0.5) is 26.3 Å². The molecule has 0 spiro atoms. The molecule has 30 heavy (non-hydrogen) atoms. The lowest BCUT2D eigenvalue weighted by Crippen LogP contribution is -2.32. The maximum absolute atomic E-state index is 13.6. The minimum absolute atomic E-state index is 0.0814. The first-order valence-electron chi connectivity index (χ1n) is 8.81. The van der Waals surface area contributed by atoms with Crippen LogP contribution in [0.1, 0.15) is 27.2 Å². The summed E-state index contributed by atoms with van der Waals surface area (Å²) in [6.07, 6.45) is -10.4. The summed E-state index contributed by atoms with van der Waals surface area (Å²) in [5, 5.41) is 9.40. The highest BCUT2D eigenvalue weighted by atomic mass is 19.4. The van der Waals surface area contributed by atoms with Gasteiger partial charge in [0.25, 0.3) is 0 Å². The van der Waals surface area contributed by atoms with E-state index in [0.717, 1.165) is 6.07 Å². The molecule has 1 fully saturated rings. The SMILES string of the molecule is Cc1c(C(=O)O)cc(-c2cc(C(F)(F)F)ccc2C(F)(F)F)n1CC1COCCO1. The number of alkyl halides is 6. The van der Waals surface area contributed by atoms with Gasteiger partial charge >= 0.3 is 18.3 Å². The number of aromatic nitrogens is 1. The summed E-state index contributed by atoms with van der Waals surface area (Å²) in [7, 11) is 0. The molecule has 164 valence electrons. The Morgan fingerprint density at radius 1 is 1.13 bits per heavy atom. The van der Waals surface area contributed by atoms with Crippen molar-refractivity contribution in [1.29, 1.82) is 0 Å². The number of rotatable bonds is 4. The lowest BCUT2D eigenvalue weighted by molar-refractivity contribution is -0.141. The zero-order valence-corrected chi connectivity index (χ0v) is 15.6. The number of carbonyl (C=O) groups is 1. The van der Waals surface area contributed by atoms with Crippen LogP contribution >= 0.6 is 0 Å². The van der Waals surface area contributed by atoms with Crippen molar-refractivity contribution < 1.29 is 45.7 Å². The van der Waals surface area contributed by atoms with E-state index < -0.39 is 41.1 Å². The summed E-state index contributed by atoms with van der Waals surface area (Å²) in [4.78, 5) is 11.5. The largest absolute Gasteiger partial charge is 0.478 e. The third kappa shape index (κ3) is 4.46. The van der Waals surface area contributed by atoms with E-state index in [-0.39, 0.29) is 36.7 Å². The second kappa shape index (κ2) is 7.95. The Morgan fingerprint density at radius 3 is 2.37 bits per heavy atom. The molecule has 1 atom stereocenters. The summed E-state index contributed by atoms with van der Waals surface area (Å²) in [5.74, 6) is -1.41. The van der Waals surface area contributed by atoms with E-state index in [2.05, 4.69) is 0 Å². The Labute approximate surface area is 166 Å². The highest BCUT2D eigenvalue weighted by Crippen LogP contribution is 2.41. The molecule has 2 aromatic rings. The lowest BCUT2D eigenvalue weighted by atomic mass is 10.00. The molecule has 0 aliphatic carbocycles. The molecule has 5 nitrogen and oxygen atoms in total. The second-order valence-corrected chi connectivity index (χ2v) is 6.77. The predicted molar refractivity (Wildman–Crippen MR) is 92.1 cm³/mol. The van der Waals surface area contributed by atoms with Crippen LogP contribution < -0.4 is 0 Å². The van der Waals surface area contributed by atoms with Crippen molar-refractivity contribution >= 4 is 5.97 Å². The number of halogens is 6. The van der Waals surface area contributed by atoms with E-state index in [1.807, 2.05) is 0 Å². The van der Waals surface area contributed by atoms with E-state index in [1.54, 1.807) is 0 Å². The van der Waals surface area contributed by atoms with E-state index in [9.17, 15) is 36.2 Å². The number of aromatic carboxylic acids is 1. The van der Waals surface area contributed by atoms with Crippen molar-refractivity contribution in [3.63, 3.8) is 0 Å². The molecule has 0 bridgehead atoms. The van der Waals surface area contributed by atoms with E-state index in [0.29, 0.717) is 24.8 Å². The molecule has 0 amide bonds. The first-order valence-corrected chi connectivity index (χ1v) is 8.81. The standard InChI is InChI=1S/C19H17F6NO4/c1-10-13(17(27)28)7-16(26(10)8-12-9-29-4-5-30-12)14-6-11(18(20,21)22)2-3-15(14)19(23,24)25/h2-3,6-7,12H,4-5,8-9H2,1H3,(H,27,28). The molecule has 3 rings (SSSR count). The van der Waals surface area contributed by atoms with Crippen LogP contribution in [0.3, 0.4) is 0 Å². The molecule has 0 saturated carbocycles. The van der Waals surface area contributed by atoms with Crippen LogP contribution in [0.5, 0.6) is 0 Å². The molecule has 2 heterocycles. The van der Waals surface area contributed by atoms with Gasteiger partial charge < -0.3 is 19.1 Å². The van der Waals surface area contributed by atoms with Crippen LogP contribution in [0.2, 0.25) is 0 Å². The quantitative estimate of drug-likeness (QED) is 0.710. The van der Waals surface area contributed by atoms with Crippen molar-refractivity contribution in [3.05, 3.63) is 46.6 Å². The van der Waals surface area contributed by atoms with Gasteiger partial charge in [-0.15, -0.1) is 0 Å². The maximum Gasteiger partial charge on any atom is 0.417 e. The fourth-order valence-corrected chi connectivity index (χ4v) is 3.35. The van der Waals surface area contributed by atoms with Crippen LogP contribution in [-0.2, 0) is 28.4 Å². The van der Waals surface area contributed by atoms with Gasteiger partial charge in [-0.05, 0) is 31.2 Å². The summed E-state index contributed by atoms with van der Waals surface area (Å²) in [5.41, 5.74) is -3.84. The monoisotopic (exact) mass is 437 g/mol. The minimum atomic E-state index is -4.95. The molecule has 1 unspecified atom stereocenters. The molecule has 1 aromatic carbocycles. The van der Waals surface area contributed by atoms with Gasteiger partial charge in [-0.25, -0.2) is 4.79 Å². The van der Waals surface area contributed by atoms with Crippen LogP contribution in [0, 0.1) is 6.92 Å². The molecule has 1 aliphatic heterocycles. The zero-order chi connectivity index (χ0) is 22.3. The van der Waals surface area contributed by atoms with Gasteiger partial charge in [-0.1, -0.05) is 0 Å². The fourth-order valence-electron chi connectivity index (χ4n) is 3.35. The normalized spacial score (nSPS) is 17.9. The summed E-state index contributed by atoms with van der Waals surface area (Å²) in [6, 6.07) is 2.04. The van der Waals surface area contributed by atoms with E-state index in [1.165, 1.54) is 11.5 Å². The van der Waals surface area contributed by atoms with Gasteiger partial charge in [-0.2, -0.15) is 26.3 Å². The third-order valence-electron chi connectivity index (χ3n) is 4.80. The topological polar surface area (TPSA) is 60.7 Å². The van der Waals surface area contributed by atoms with Gasteiger partial charge in [0.15, 0.2) is 0 Å². The molecule has 1 saturated heterocycles. The first kappa shape index (κ1) is 22.2. The molecular formula is C19H17F6NO4. The smallest absolute Gasteiger partial charge is 0.417 e. The number of hydrogen-bond donors (Lipinski definition) is 1. The Morgan fingerprint density at radius 2 is 1.83 bits per heavy atom. The Kier molecular flexibility index (Phi) is 5.87. The molecule has 11 heteroatoms. The zero-order valence-electron chi connectivity index (χ0n) is 15.6. The van der Waals surface area contributed by atoms with Crippen molar-refractivity contribution in [2.75, 3.05) is 19.8 Å². The van der Waals surface area contributed by atoms with Crippen molar-refractivity contribution in [2.45, 2.75) is 31.9 Å². The number of carboxylic acid groups (broad SMARTS) is 1. The average molecular weight is 437 g/mol. The Bertz CT molecular complexity index is 942. The molecule has 1 aliphatic rings. The number of nitrogens with zero attached hydrogens (tertiary/aromatic N) is 1. The summed E-state index contributed by atoms with van der Waals surface area (Å²) >= 11 is 0. The lowest BCUT2D eigenvalue weighted by Gasteiger charge is -2.25. The predicted octanol–water partition coefficient (Wildman–Crippen LogP) is 4.61. The average Bonchev–Trinajstić information content (AvgIpc) is 2.97. The molecule has 1 N–H and O–H groups in total. The Balaban J connectivity index is 2.22. The second-order valence-electron chi connectivity index (χ2n) is 6.77. The third-order valence-corrected chi connectivity index (χ3v) is 4.80. The van der Waals surface area contributed by atoms with E-state index in [4.69, 9.17) is 9.47 Å². The summed E-state index contributed by atoms with van der Waals surface area (Å²) < 4.78 is 92.2. The highest BCUT2D eigenvalue weighted by molar-refractivity contribution is 5.91. The summed E-state index contributed by atoms with van der Waals surface area (Å²) in [6.45, 7) is 1.98. The Hall–Kier alpha value is -2.53. The van der Waals surface area contributed by atoms with Gasteiger partial charge in [0.2, 0.25) is 0 Å². The number of hydrogen-bond acceptors (Lipinski definition) is 3. The number of carboxylic acids is 1. The van der Waals surface area contributed by atoms with Crippen molar-refractivity contribution in [3.8, 4) is 11.3 Å². The minimum Gasteiger partial charge on any atom is -0.478 e. The van der Waals surface area contributed by atoms with Gasteiger partial charge in [0.05, 0.1) is 49.2 Å². The highest BCUT2D eigenvalue weighted by Gasteiger charge is 2.38. The molecule has 1 aromatic heterocycles. The van der Waals surface area contributed by atoms with Crippen molar-refractivity contribution in [2.24, 2.45) is 0 Å². The molecular weight excluding hydrogens is 420 g/mol. The van der Waals surface area contributed by atoms with E-state index >= 15 is 0 Å². The van der Waals surface area contributed by atoms with Crippen molar-refractivity contribution in [1.82, 2.24) is 4.57 Å². The number of benzene rings is 1. The first-order chi connectivity index (χ1) is 13.9. The van der Waals surface area contributed by atoms with Crippen LogP contribution in [0.15, 0.2) is 24.3 Å². The van der Waals surface area contributed by atoms with Gasteiger partial charge in [0.1, 0.15) is 0 Å². The number of ether oxygens (including phenoxy) is 2. The molecule has 0 radical (unpaired) electrons. The van der Waals surface area contributed by atoms with Crippen LogP contribution in [0.25, 0.3) is 11.3 Å².